The molecule has 0 aromatic heterocycles. The summed E-state index contributed by atoms with van der Waals surface area (Å²) < 4.78 is 5.10. The molecule has 184 valence electrons. The molecule has 2 amide bonds. The average molecular weight is 452 g/mol. The third-order valence-electron chi connectivity index (χ3n) is 6.59. The van der Waals surface area contributed by atoms with Crippen molar-refractivity contribution in [2.24, 2.45) is 11.3 Å². The van der Waals surface area contributed by atoms with Crippen molar-refractivity contribution in [1.82, 2.24) is 15.1 Å². The van der Waals surface area contributed by atoms with E-state index in [1.54, 1.807) is 31.9 Å². The Morgan fingerprint density at radius 3 is 2.03 bits per heavy atom. The third kappa shape index (κ3) is 6.56. The number of hydrogen-bond donors (Lipinski definition) is 1. The van der Waals surface area contributed by atoms with Crippen molar-refractivity contribution in [3.63, 3.8) is 0 Å². The van der Waals surface area contributed by atoms with Gasteiger partial charge in [0.1, 0.15) is 6.04 Å². The van der Waals surface area contributed by atoms with Gasteiger partial charge in [0, 0.05) is 12.6 Å². The van der Waals surface area contributed by atoms with Crippen LogP contribution in [0.25, 0.3) is 0 Å². The molecule has 1 saturated carbocycles. The highest BCUT2D eigenvalue weighted by atomic mass is 16.5. The summed E-state index contributed by atoms with van der Waals surface area (Å²) in [5.74, 6) is -0.549. The second-order valence-corrected chi connectivity index (χ2v) is 10.7. The fraction of sp³-hybridized carbons (Fsp3) is 0.800. The van der Waals surface area contributed by atoms with Crippen LogP contribution in [0.4, 0.5) is 0 Å². The molecule has 32 heavy (non-hydrogen) atoms. The topological polar surface area (TPSA) is 79.0 Å². The van der Waals surface area contributed by atoms with Crippen molar-refractivity contribution in [1.29, 1.82) is 0 Å². The predicted molar refractivity (Wildman–Crippen MR) is 128 cm³/mol. The minimum Gasteiger partial charge on any atom is -0.463 e. The number of nitrogens with one attached hydrogen (secondary N) is 1. The zero-order valence-corrected chi connectivity index (χ0v) is 21.9. The maximum atomic E-state index is 13.7. The molecular formula is C25H45N3O4. The number of carbonyl (C=O) groups excluding carboxylic acids is 3. The number of likely N-dealkylation sites (N-methyl/N-ethyl adjacent to an activating group) is 2. The van der Waals surface area contributed by atoms with Crippen molar-refractivity contribution < 1.29 is 19.1 Å². The van der Waals surface area contributed by atoms with Crippen molar-refractivity contribution in [3.05, 3.63) is 11.6 Å². The van der Waals surface area contributed by atoms with E-state index in [4.69, 9.17) is 4.74 Å². The van der Waals surface area contributed by atoms with Crippen LogP contribution >= 0.6 is 0 Å². The van der Waals surface area contributed by atoms with E-state index in [0.717, 1.165) is 25.7 Å². The first-order valence-electron chi connectivity index (χ1n) is 11.8. The van der Waals surface area contributed by atoms with Gasteiger partial charge in [0.2, 0.25) is 11.8 Å². The molecule has 1 aliphatic rings. The summed E-state index contributed by atoms with van der Waals surface area (Å²) >= 11 is 0. The lowest BCUT2D eigenvalue weighted by atomic mass is 9.84. The SMILES string of the molecule is CCOC(=O)/C(C)=C/[C@H](C(C)C)N(C)C(=O)[C@@H](NC(=O)C1(N(C)C)CCCC1)C(C)(C)C. The lowest BCUT2D eigenvalue weighted by Gasteiger charge is -2.41. The van der Waals surface area contributed by atoms with Gasteiger partial charge in [-0.15, -0.1) is 0 Å². The molecule has 0 aliphatic heterocycles. The van der Waals surface area contributed by atoms with Crippen molar-refractivity contribution in [2.45, 2.75) is 91.8 Å². The first-order chi connectivity index (χ1) is 14.7. The summed E-state index contributed by atoms with van der Waals surface area (Å²) in [5.41, 5.74) is -0.576. The van der Waals surface area contributed by atoms with Crippen LogP contribution in [0, 0.1) is 11.3 Å². The molecule has 0 aromatic carbocycles. The monoisotopic (exact) mass is 451 g/mol. The molecule has 1 N–H and O–H groups in total. The molecule has 2 atom stereocenters. The van der Waals surface area contributed by atoms with Crippen molar-refractivity contribution >= 4 is 17.8 Å². The van der Waals surface area contributed by atoms with Crippen molar-refractivity contribution in [2.75, 3.05) is 27.7 Å². The minimum absolute atomic E-state index is 0.0765. The van der Waals surface area contributed by atoms with E-state index in [9.17, 15) is 14.4 Å². The van der Waals surface area contributed by atoms with Crippen LogP contribution in [0.2, 0.25) is 0 Å². The molecule has 0 unspecified atom stereocenters. The molecule has 0 saturated heterocycles. The van der Waals surface area contributed by atoms with E-state index in [1.807, 2.05) is 53.6 Å². The fourth-order valence-electron chi connectivity index (χ4n) is 4.42. The highest BCUT2D eigenvalue weighted by Crippen LogP contribution is 2.35. The Hall–Kier alpha value is -1.89. The smallest absolute Gasteiger partial charge is 0.333 e. The molecule has 1 aliphatic carbocycles. The highest BCUT2D eigenvalue weighted by Gasteiger charge is 2.46. The Balaban J connectivity index is 3.21. The molecule has 0 aromatic rings. The first-order valence-corrected chi connectivity index (χ1v) is 11.8. The number of ether oxygens (including phenoxy) is 1. The molecule has 0 spiro atoms. The van der Waals surface area contributed by atoms with Gasteiger partial charge in [-0.25, -0.2) is 4.79 Å². The van der Waals surface area contributed by atoms with Crippen LogP contribution in [0.3, 0.4) is 0 Å². The van der Waals surface area contributed by atoms with E-state index in [-0.39, 0.29) is 29.7 Å². The normalized spacial score (nSPS) is 18.4. The van der Waals surface area contributed by atoms with E-state index < -0.39 is 17.0 Å². The maximum absolute atomic E-state index is 13.7. The summed E-state index contributed by atoms with van der Waals surface area (Å²) in [6, 6.07) is -0.988. The standard InChI is InChI=1S/C25H45N3O4/c1-11-32-22(30)18(4)16-19(17(2)3)28(10)21(29)20(24(5,6)7)26-23(31)25(27(8)9)14-12-13-15-25/h16-17,19-20H,11-15H2,1-10H3,(H,26,31)/b18-16+/t19-,20-/m1/s1. The third-order valence-corrected chi connectivity index (χ3v) is 6.59. The Labute approximate surface area is 194 Å². The summed E-state index contributed by atoms with van der Waals surface area (Å²) in [4.78, 5) is 42.9. The Kier molecular flexibility index (Phi) is 9.94. The lowest BCUT2D eigenvalue weighted by Crippen LogP contribution is -2.62. The molecule has 0 bridgehead atoms. The van der Waals surface area contributed by atoms with Crippen LogP contribution < -0.4 is 5.32 Å². The van der Waals surface area contributed by atoms with Gasteiger partial charge >= 0.3 is 5.97 Å². The second kappa shape index (κ2) is 11.3. The van der Waals surface area contributed by atoms with Gasteiger partial charge in [-0.2, -0.15) is 0 Å². The molecule has 7 nitrogen and oxygen atoms in total. The molecular weight excluding hydrogens is 406 g/mol. The lowest BCUT2D eigenvalue weighted by molar-refractivity contribution is -0.143. The summed E-state index contributed by atoms with van der Waals surface area (Å²) in [6.45, 7) is 13.7. The van der Waals surface area contributed by atoms with Crippen LogP contribution in [-0.4, -0.2) is 73.0 Å². The molecule has 1 rings (SSSR count). The van der Waals surface area contributed by atoms with Gasteiger partial charge in [0.15, 0.2) is 0 Å². The zero-order valence-electron chi connectivity index (χ0n) is 21.9. The van der Waals surface area contributed by atoms with Crippen molar-refractivity contribution in [3.8, 4) is 0 Å². The van der Waals surface area contributed by atoms with Gasteiger partial charge in [0.25, 0.3) is 0 Å². The first kappa shape index (κ1) is 28.1. The Morgan fingerprint density at radius 1 is 1.09 bits per heavy atom. The predicted octanol–water partition coefficient (Wildman–Crippen LogP) is 3.38. The largest absolute Gasteiger partial charge is 0.463 e. The van der Waals surface area contributed by atoms with Gasteiger partial charge in [-0.05, 0) is 52.1 Å². The number of hydrogen-bond acceptors (Lipinski definition) is 5. The zero-order chi connectivity index (χ0) is 24.9. The van der Waals surface area contributed by atoms with Gasteiger partial charge in [-0.3, -0.25) is 14.5 Å². The fourth-order valence-corrected chi connectivity index (χ4v) is 4.42. The van der Waals surface area contributed by atoms with Crippen LogP contribution in [-0.2, 0) is 19.1 Å². The number of esters is 1. The number of nitrogens with zero attached hydrogens (tertiary/aromatic N) is 2. The van der Waals surface area contributed by atoms with E-state index in [0.29, 0.717) is 12.2 Å². The van der Waals surface area contributed by atoms with E-state index in [1.165, 1.54) is 0 Å². The quantitative estimate of drug-likeness (QED) is 0.429. The molecule has 0 heterocycles. The number of carbonyl (C=O) groups is 3. The Bertz CT molecular complexity index is 700. The van der Waals surface area contributed by atoms with Gasteiger partial charge in [-0.1, -0.05) is 53.5 Å². The maximum Gasteiger partial charge on any atom is 0.333 e. The molecule has 0 radical (unpaired) electrons. The van der Waals surface area contributed by atoms with Gasteiger partial charge < -0.3 is 15.0 Å². The van der Waals surface area contributed by atoms with Crippen LogP contribution in [0.15, 0.2) is 11.6 Å². The van der Waals surface area contributed by atoms with Crippen LogP contribution in [0.1, 0.15) is 74.1 Å². The van der Waals surface area contributed by atoms with E-state index >= 15 is 0 Å². The minimum atomic E-state index is -0.685. The summed E-state index contributed by atoms with van der Waals surface area (Å²) in [6.07, 6.45) is 5.39. The number of amides is 2. The average Bonchev–Trinajstić information content (AvgIpc) is 3.19. The summed E-state index contributed by atoms with van der Waals surface area (Å²) in [5, 5.41) is 3.11. The number of rotatable bonds is 9. The second-order valence-electron chi connectivity index (χ2n) is 10.7. The summed E-state index contributed by atoms with van der Waals surface area (Å²) in [7, 11) is 5.61. The Morgan fingerprint density at radius 2 is 1.62 bits per heavy atom. The highest BCUT2D eigenvalue weighted by molar-refractivity contribution is 5.93. The van der Waals surface area contributed by atoms with E-state index in [2.05, 4.69) is 5.32 Å². The van der Waals surface area contributed by atoms with Crippen LogP contribution in [0.5, 0.6) is 0 Å². The molecule has 7 heteroatoms. The van der Waals surface area contributed by atoms with Gasteiger partial charge in [0.05, 0.1) is 18.2 Å². The molecule has 1 fully saturated rings.